The van der Waals surface area contributed by atoms with Gasteiger partial charge in [-0.05, 0) is 25.3 Å². The summed E-state index contributed by atoms with van der Waals surface area (Å²) in [6, 6.07) is 10.4. The maximum Gasteiger partial charge on any atom is 0.227 e. The van der Waals surface area contributed by atoms with Crippen molar-refractivity contribution in [3.05, 3.63) is 35.9 Å². The number of hydrogen-bond donors (Lipinski definition) is 2. The molecule has 1 rings (SSSR count). The quantitative estimate of drug-likeness (QED) is 0.810. The molecule has 0 aromatic heterocycles. The molecule has 0 fully saturated rings. The van der Waals surface area contributed by atoms with Crippen LogP contribution in [0.3, 0.4) is 0 Å². The Labute approximate surface area is 135 Å². The average Bonchev–Trinajstić information content (AvgIpc) is 2.49. The highest BCUT2D eigenvalue weighted by Crippen LogP contribution is 2.26. The molecular formula is C17H29ClN2O. The third-order valence-electron chi connectivity index (χ3n) is 4.66. The standard InChI is InChI=1S/C17H28N2O.ClH/c1-5-17(6-2,12-18)16(20)19-14(4)13(3)15-10-8-7-9-11-15;/h7-11,13-14H,5-6,12,18H2,1-4H3,(H,19,20);1H. The number of carbonyl (C=O) groups is 1. The van der Waals surface area contributed by atoms with E-state index in [2.05, 4.69) is 31.3 Å². The molecule has 0 saturated heterocycles. The lowest BCUT2D eigenvalue weighted by Crippen LogP contribution is -2.49. The fourth-order valence-corrected chi connectivity index (χ4v) is 2.48. The van der Waals surface area contributed by atoms with Gasteiger partial charge in [0.2, 0.25) is 5.91 Å². The summed E-state index contributed by atoms with van der Waals surface area (Å²) in [7, 11) is 0. The summed E-state index contributed by atoms with van der Waals surface area (Å²) < 4.78 is 0. The molecular weight excluding hydrogens is 284 g/mol. The van der Waals surface area contributed by atoms with Gasteiger partial charge >= 0.3 is 0 Å². The third-order valence-corrected chi connectivity index (χ3v) is 4.66. The number of rotatable bonds is 7. The van der Waals surface area contributed by atoms with Gasteiger partial charge in [-0.25, -0.2) is 0 Å². The zero-order valence-electron chi connectivity index (χ0n) is 13.6. The number of benzene rings is 1. The highest BCUT2D eigenvalue weighted by Gasteiger charge is 2.34. The Hall–Kier alpha value is -1.06. The minimum absolute atomic E-state index is 0. The zero-order valence-corrected chi connectivity index (χ0v) is 14.4. The maximum atomic E-state index is 12.5. The van der Waals surface area contributed by atoms with Crippen LogP contribution in [0.15, 0.2) is 30.3 Å². The topological polar surface area (TPSA) is 55.1 Å². The van der Waals surface area contributed by atoms with Crippen molar-refractivity contribution in [2.24, 2.45) is 11.1 Å². The molecule has 1 aromatic carbocycles. The van der Waals surface area contributed by atoms with Gasteiger partial charge in [0.25, 0.3) is 0 Å². The van der Waals surface area contributed by atoms with E-state index in [-0.39, 0.29) is 30.3 Å². The molecule has 0 aliphatic carbocycles. The second-order valence-corrected chi connectivity index (χ2v) is 5.65. The molecule has 0 bridgehead atoms. The summed E-state index contributed by atoms with van der Waals surface area (Å²) in [6.07, 6.45) is 1.55. The van der Waals surface area contributed by atoms with Gasteiger partial charge in [0.05, 0.1) is 5.41 Å². The lowest BCUT2D eigenvalue weighted by Gasteiger charge is -2.32. The molecule has 21 heavy (non-hydrogen) atoms. The van der Waals surface area contributed by atoms with E-state index in [1.807, 2.05) is 32.0 Å². The van der Waals surface area contributed by atoms with Crippen molar-refractivity contribution in [3.8, 4) is 0 Å². The van der Waals surface area contributed by atoms with Crippen LogP contribution < -0.4 is 11.1 Å². The van der Waals surface area contributed by atoms with Crippen LogP contribution in [0.25, 0.3) is 0 Å². The van der Waals surface area contributed by atoms with E-state index in [0.29, 0.717) is 6.54 Å². The van der Waals surface area contributed by atoms with E-state index in [9.17, 15) is 4.79 Å². The van der Waals surface area contributed by atoms with Gasteiger partial charge in [-0.1, -0.05) is 51.1 Å². The molecule has 0 spiro atoms. The van der Waals surface area contributed by atoms with Crippen molar-refractivity contribution in [2.75, 3.05) is 6.54 Å². The Morgan fingerprint density at radius 3 is 2.14 bits per heavy atom. The van der Waals surface area contributed by atoms with Crippen molar-refractivity contribution >= 4 is 18.3 Å². The highest BCUT2D eigenvalue weighted by atomic mass is 35.5. The number of nitrogens with one attached hydrogen (secondary N) is 1. The molecule has 2 unspecified atom stereocenters. The summed E-state index contributed by atoms with van der Waals surface area (Å²) in [5.74, 6) is 0.365. The molecule has 0 saturated carbocycles. The molecule has 1 aromatic rings. The van der Waals surface area contributed by atoms with Crippen LogP contribution in [0.5, 0.6) is 0 Å². The van der Waals surface area contributed by atoms with E-state index in [1.165, 1.54) is 5.56 Å². The van der Waals surface area contributed by atoms with Gasteiger partial charge < -0.3 is 11.1 Å². The molecule has 3 N–H and O–H groups in total. The number of carbonyl (C=O) groups excluding carboxylic acids is 1. The van der Waals surface area contributed by atoms with Crippen molar-refractivity contribution in [2.45, 2.75) is 52.5 Å². The Morgan fingerprint density at radius 2 is 1.71 bits per heavy atom. The lowest BCUT2D eigenvalue weighted by atomic mass is 9.81. The molecule has 4 heteroatoms. The Morgan fingerprint density at radius 1 is 1.19 bits per heavy atom. The van der Waals surface area contributed by atoms with Crippen LogP contribution in [0.1, 0.15) is 52.0 Å². The molecule has 2 atom stereocenters. The van der Waals surface area contributed by atoms with Gasteiger partial charge in [0, 0.05) is 18.5 Å². The van der Waals surface area contributed by atoms with Crippen molar-refractivity contribution < 1.29 is 4.79 Å². The molecule has 0 heterocycles. The van der Waals surface area contributed by atoms with Crippen molar-refractivity contribution in [1.29, 1.82) is 0 Å². The number of nitrogens with two attached hydrogens (primary N) is 1. The van der Waals surface area contributed by atoms with Crippen LogP contribution in [0, 0.1) is 5.41 Å². The number of hydrogen-bond acceptors (Lipinski definition) is 2. The second kappa shape index (κ2) is 9.06. The smallest absolute Gasteiger partial charge is 0.227 e. The maximum absolute atomic E-state index is 12.5. The van der Waals surface area contributed by atoms with Crippen molar-refractivity contribution in [3.63, 3.8) is 0 Å². The van der Waals surface area contributed by atoms with Gasteiger partial charge in [0.15, 0.2) is 0 Å². The van der Waals surface area contributed by atoms with E-state index in [0.717, 1.165) is 12.8 Å². The van der Waals surface area contributed by atoms with E-state index >= 15 is 0 Å². The largest absolute Gasteiger partial charge is 0.353 e. The summed E-state index contributed by atoms with van der Waals surface area (Å²) in [6.45, 7) is 8.66. The Kier molecular flexibility index (Phi) is 8.60. The molecule has 0 aliphatic heterocycles. The van der Waals surface area contributed by atoms with Gasteiger partial charge in [-0.3, -0.25) is 4.79 Å². The van der Waals surface area contributed by atoms with Crippen LogP contribution in [0.4, 0.5) is 0 Å². The predicted molar refractivity (Wildman–Crippen MR) is 91.8 cm³/mol. The van der Waals surface area contributed by atoms with Gasteiger partial charge in [0.1, 0.15) is 0 Å². The SMILES string of the molecule is CCC(CC)(CN)C(=O)NC(C)C(C)c1ccccc1.Cl. The second-order valence-electron chi connectivity index (χ2n) is 5.65. The van der Waals surface area contributed by atoms with Gasteiger partial charge in [-0.2, -0.15) is 0 Å². The molecule has 3 nitrogen and oxygen atoms in total. The first kappa shape index (κ1) is 19.9. The van der Waals surface area contributed by atoms with Crippen LogP contribution in [-0.2, 0) is 4.79 Å². The number of halogens is 1. The molecule has 120 valence electrons. The first-order valence-electron chi connectivity index (χ1n) is 7.56. The fraction of sp³-hybridized carbons (Fsp3) is 0.588. The van der Waals surface area contributed by atoms with Crippen LogP contribution in [-0.4, -0.2) is 18.5 Å². The summed E-state index contributed by atoms with van der Waals surface area (Å²) >= 11 is 0. The van der Waals surface area contributed by atoms with E-state index < -0.39 is 5.41 Å². The fourth-order valence-electron chi connectivity index (χ4n) is 2.48. The predicted octanol–water partition coefficient (Wildman–Crippen LogP) is 3.48. The van der Waals surface area contributed by atoms with Crippen LogP contribution >= 0.6 is 12.4 Å². The van der Waals surface area contributed by atoms with E-state index in [4.69, 9.17) is 5.73 Å². The van der Waals surface area contributed by atoms with E-state index in [1.54, 1.807) is 0 Å². The normalized spacial score (nSPS) is 14.0. The first-order chi connectivity index (χ1) is 9.50. The summed E-state index contributed by atoms with van der Waals surface area (Å²) in [5, 5.41) is 3.15. The Balaban J connectivity index is 0.00000400. The van der Waals surface area contributed by atoms with Crippen molar-refractivity contribution in [1.82, 2.24) is 5.32 Å². The first-order valence-corrected chi connectivity index (χ1v) is 7.56. The molecule has 1 amide bonds. The molecule has 0 aliphatic rings. The third kappa shape index (κ3) is 4.72. The minimum Gasteiger partial charge on any atom is -0.353 e. The van der Waals surface area contributed by atoms with Gasteiger partial charge in [-0.15, -0.1) is 12.4 Å². The Bertz CT molecular complexity index is 410. The number of amides is 1. The van der Waals surface area contributed by atoms with Crippen LogP contribution in [0.2, 0.25) is 0 Å². The monoisotopic (exact) mass is 312 g/mol. The summed E-state index contributed by atoms with van der Waals surface area (Å²) in [4.78, 5) is 12.5. The molecule has 0 radical (unpaired) electrons. The highest BCUT2D eigenvalue weighted by molar-refractivity contribution is 5.85. The zero-order chi connectivity index (χ0) is 15.2. The average molecular weight is 313 g/mol. The summed E-state index contributed by atoms with van der Waals surface area (Å²) in [5.41, 5.74) is 6.65. The lowest BCUT2D eigenvalue weighted by molar-refractivity contribution is -0.131. The minimum atomic E-state index is -0.426.